The molecule has 1 aromatic rings. The van der Waals surface area contributed by atoms with Gasteiger partial charge in [0.05, 0.1) is 0 Å². The average molecular weight is 346 g/mol. The first-order valence-electron chi connectivity index (χ1n) is 9.69. The highest BCUT2D eigenvalue weighted by Gasteiger charge is 2.27. The summed E-state index contributed by atoms with van der Waals surface area (Å²) in [5.74, 6) is 1.93. The smallest absolute Gasteiger partial charge is 0.251 e. The average Bonchev–Trinajstić information content (AvgIpc) is 3.15. The van der Waals surface area contributed by atoms with Crippen LogP contribution in [0.5, 0.6) is 0 Å². The van der Waals surface area contributed by atoms with E-state index in [1.54, 1.807) is 0 Å². The van der Waals surface area contributed by atoms with Crippen molar-refractivity contribution in [1.29, 1.82) is 0 Å². The fourth-order valence-electron chi connectivity index (χ4n) is 3.75. The second-order valence-corrected chi connectivity index (χ2v) is 7.01. The zero-order chi connectivity index (χ0) is 17.6. The summed E-state index contributed by atoms with van der Waals surface area (Å²) >= 11 is 0. The molecule has 25 heavy (non-hydrogen) atoms. The number of aryl methyl sites for hydroxylation is 2. The molecule has 1 fully saturated rings. The molecule has 0 radical (unpaired) electrons. The van der Waals surface area contributed by atoms with Crippen LogP contribution in [0.1, 0.15) is 56.1 Å². The molecule has 6 nitrogen and oxygen atoms in total. The van der Waals surface area contributed by atoms with Crippen LogP contribution < -0.4 is 5.32 Å². The molecule has 1 saturated heterocycles. The molecule has 1 aliphatic carbocycles. The quantitative estimate of drug-likeness (QED) is 0.821. The molecular formula is C19H30N4O2. The van der Waals surface area contributed by atoms with Gasteiger partial charge in [0.1, 0.15) is 17.7 Å². The number of nitrogens with zero attached hydrogens (tertiary/aromatic N) is 3. The van der Waals surface area contributed by atoms with Crippen LogP contribution in [0.25, 0.3) is 0 Å². The van der Waals surface area contributed by atoms with Gasteiger partial charge >= 0.3 is 0 Å². The molecule has 3 rings (SSSR count). The summed E-state index contributed by atoms with van der Waals surface area (Å²) in [6, 6.07) is 0. The second-order valence-electron chi connectivity index (χ2n) is 7.01. The van der Waals surface area contributed by atoms with Gasteiger partial charge in [-0.1, -0.05) is 6.92 Å². The Labute approximate surface area is 150 Å². The van der Waals surface area contributed by atoms with E-state index in [1.165, 1.54) is 24.1 Å². The molecule has 2 heterocycles. The lowest BCUT2D eigenvalue weighted by Gasteiger charge is -2.26. The number of fused-ring (bicyclic) bond motifs is 1. The summed E-state index contributed by atoms with van der Waals surface area (Å²) in [5, 5.41) is 3.46. The molecule has 1 aliphatic heterocycles. The molecule has 0 unspecified atom stereocenters. The Morgan fingerprint density at radius 3 is 2.84 bits per heavy atom. The van der Waals surface area contributed by atoms with Crippen molar-refractivity contribution in [2.45, 2.75) is 64.9 Å². The van der Waals surface area contributed by atoms with Crippen LogP contribution in [0.2, 0.25) is 0 Å². The predicted octanol–water partition coefficient (Wildman–Crippen LogP) is 2.49. The van der Waals surface area contributed by atoms with Crippen molar-refractivity contribution in [3.05, 3.63) is 17.1 Å². The summed E-state index contributed by atoms with van der Waals surface area (Å²) in [7, 11) is 0. The Hall–Kier alpha value is -1.69. The lowest BCUT2D eigenvalue weighted by molar-refractivity contribution is -0.140. The number of carbonyl (C=O) groups excluding carboxylic acids is 1. The minimum Gasteiger partial charge on any atom is -0.368 e. The lowest BCUT2D eigenvalue weighted by atomic mass is 9.96. The molecule has 0 saturated carbocycles. The number of hydrogen-bond acceptors (Lipinski definition) is 5. The molecule has 1 atom stereocenters. The maximum absolute atomic E-state index is 12.6. The van der Waals surface area contributed by atoms with Crippen molar-refractivity contribution >= 4 is 11.7 Å². The minimum atomic E-state index is -0.236. The number of nitrogens with one attached hydrogen (secondary N) is 1. The van der Waals surface area contributed by atoms with Gasteiger partial charge in [-0.3, -0.25) is 4.79 Å². The zero-order valence-electron chi connectivity index (χ0n) is 15.5. The molecular weight excluding hydrogens is 316 g/mol. The van der Waals surface area contributed by atoms with E-state index in [1.807, 2.05) is 11.8 Å². The normalized spacial score (nSPS) is 19.5. The maximum Gasteiger partial charge on any atom is 0.251 e. The third-order valence-corrected chi connectivity index (χ3v) is 4.98. The summed E-state index contributed by atoms with van der Waals surface area (Å²) in [5.41, 5.74) is 2.46. The van der Waals surface area contributed by atoms with Gasteiger partial charge in [0.25, 0.3) is 5.91 Å². The van der Waals surface area contributed by atoms with Gasteiger partial charge in [0.15, 0.2) is 0 Å². The van der Waals surface area contributed by atoms with Gasteiger partial charge in [0, 0.05) is 37.5 Å². The molecule has 138 valence electrons. The van der Waals surface area contributed by atoms with Gasteiger partial charge in [-0.05, 0) is 51.9 Å². The number of rotatable bonds is 7. The highest BCUT2D eigenvalue weighted by Crippen LogP contribution is 2.25. The van der Waals surface area contributed by atoms with Crippen LogP contribution in [-0.4, -0.2) is 53.1 Å². The number of anilines is 1. The Kier molecular flexibility index (Phi) is 6.24. The molecule has 6 heteroatoms. The number of hydrogen-bond donors (Lipinski definition) is 1. The van der Waals surface area contributed by atoms with E-state index in [9.17, 15) is 4.79 Å². The van der Waals surface area contributed by atoms with Gasteiger partial charge in [-0.25, -0.2) is 9.97 Å². The Morgan fingerprint density at radius 2 is 2.08 bits per heavy atom. The topological polar surface area (TPSA) is 67.3 Å². The van der Waals surface area contributed by atoms with Gasteiger partial charge < -0.3 is 15.0 Å². The number of ether oxygens (including phenoxy) is 1. The van der Waals surface area contributed by atoms with Crippen molar-refractivity contribution in [3.8, 4) is 0 Å². The monoisotopic (exact) mass is 346 g/mol. The van der Waals surface area contributed by atoms with Crippen LogP contribution in [0.15, 0.2) is 0 Å². The largest absolute Gasteiger partial charge is 0.368 e. The first-order chi connectivity index (χ1) is 12.2. The summed E-state index contributed by atoms with van der Waals surface area (Å²) < 4.78 is 5.56. The Morgan fingerprint density at radius 1 is 1.24 bits per heavy atom. The summed E-state index contributed by atoms with van der Waals surface area (Å²) in [6.07, 6.45) is 7.07. The summed E-state index contributed by atoms with van der Waals surface area (Å²) in [4.78, 5) is 23.7. The molecule has 1 aromatic heterocycles. The number of carbonyl (C=O) groups is 1. The zero-order valence-corrected chi connectivity index (χ0v) is 15.5. The number of aromatic nitrogens is 2. The van der Waals surface area contributed by atoms with Crippen molar-refractivity contribution in [2.24, 2.45) is 0 Å². The van der Waals surface area contributed by atoms with Crippen LogP contribution in [-0.2, 0) is 22.4 Å². The predicted molar refractivity (Wildman–Crippen MR) is 97.7 cm³/mol. The standard InChI is InChI=1S/C19H30N4O2/c1-3-11-23(19(24)17-9-6-13-25-17)12-10-20-18-15-7-4-5-8-16(15)21-14(2)22-18/h17H,3-13H2,1-2H3,(H,20,21,22)/t17-/m1/s1. The van der Waals surface area contributed by atoms with E-state index in [-0.39, 0.29) is 12.0 Å². The van der Waals surface area contributed by atoms with E-state index in [0.29, 0.717) is 19.7 Å². The van der Waals surface area contributed by atoms with Crippen LogP contribution in [0.3, 0.4) is 0 Å². The third-order valence-electron chi connectivity index (χ3n) is 4.98. The van der Waals surface area contributed by atoms with E-state index in [2.05, 4.69) is 22.2 Å². The maximum atomic E-state index is 12.6. The van der Waals surface area contributed by atoms with E-state index in [0.717, 1.165) is 50.3 Å². The first kappa shape index (κ1) is 18.1. The minimum absolute atomic E-state index is 0.141. The van der Waals surface area contributed by atoms with Gasteiger partial charge in [-0.2, -0.15) is 0 Å². The molecule has 2 aliphatic rings. The van der Waals surface area contributed by atoms with E-state index in [4.69, 9.17) is 4.74 Å². The molecule has 1 N–H and O–H groups in total. The second kappa shape index (κ2) is 8.61. The van der Waals surface area contributed by atoms with Crippen molar-refractivity contribution in [2.75, 3.05) is 31.6 Å². The third kappa shape index (κ3) is 4.48. The molecule has 0 bridgehead atoms. The van der Waals surface area contributed by atoms with E-state index >= 15 is 0 Å². The van der Waals surface area contributed by atoms with Crippen molar-refractivity contribution in [3.63, 3.8) is 0 Å². The van der Waals surface area contributed by atoms with Crippen LogP contribution >= 0.6 is 0 Å². The molecule has 0 spiro atoms. The highest BCUT2D eigenvalue weighted by atomic mass is 16.5. The summed E-state index contributed by atoms with van der Waals surface area (Å²) in [6.45, 7) is 6.94. The first-order valence-corrected chi connectivity index (χ1v) is 9.69. The van der Waals surface area contributed by atoms with Crippen molar-refractivity contribution in [1.82, 2.24) is 14.9 Å². The fourth-order valence-corrected chi connectivity index (χ4v) is 3.75. The fraction of sp³-hybridized carbons (Fsp3) is 0.737. The lowest BCUT2D eigenvalue weighted by Crippen LogP contribution is -2.42. The van der Waals surface area contributed by atoms with E-state index < -0.39 is 0 Å². The van der Waals surface area contributed by atoms with Gasteiger partial charge in [0.2, 0.25) is 0 Å². The van der Waals surface area contributed by atoms with Crippen LogP contribution in [0, 0.1) is 6.92 Å². The SMILES string of the molecule is CCCN(CCNc1nc(C)nc2c1CCCC2)C(=O)[C@H]1CCCO1. The number of amides is 1. The molecule has 0 aromatic carbocycles. The molecule has 1 amide bonds. The van der Waals surface area contributed by atoms with Gasteiger partial charge in [-0.15, -0.1) is 0 Å². The van der Waals surface area contributed by atoms with Crippen molar-refractivity contribution < 1.29 is 9.53 Å². The van der Waals surface area contributed by atoms with Crippen LogP contribution in [0.4, 0.5) is 5.82 Å². The Balaban J connectivity index is 1.60. The highest BCUT2D eigenvalue weighted by molar-refractivity contribution is 5.81. The Bertz CT molecular complexity index is 599.